The first-order chi connectivity index (χ1) is 10.6. The van der Waals surface area contributed by atoms with Crippen molar-refractivity contribution in [1.29, 1.82) is 0 Å². The number of nitrogens with one attached hydrogen (secondary N) is 2. The molecule has 3 aromatic rings. The van der Waals surface area contributed by atoms with Crippen LogP contribution in [-0.4, -0.2) is 25.8 Å². The zero-order valence-electron chi connectivity index (χ0n) is 12.1. The fourth-order valence-electron chi connectivity index (χ4n) is 2.33. The Bertz CT molecular complexity index is 828. The molecule has 114 valence electrons. The Morgan fingerprint density at radius 2 is 2.27 bits per heavy atom. The molecule has 0 bridgehead atoms. The summed E-state index contributed by atoms with van der Waals surface area (Å²) in [6.45, 7) is 3.22. The third kappa shape index (κ3) is 3.20. The summed E-state index contributed by atoms with van der Waals surface area (Å²) in [4.78, 5) is 19.1. The van der Waals surface area contributed by atoms with Gasteiger partial charge in [-0.15, -0.1) is 0 Å². The lowest BCUT2D eigenvalue weighted by Crippen LogP contribution is -2.30. The molecule has 1 unspecified atom stereocenters. The van der Waals surface area contributed by atoms with Gasteiger partial charge < -0.3 is 10.3 Å². The maximum Gasteiger partial charge on any atom is 0.189 e. The lowest BCUT2D eigenvalue weighted by Gasteiger charge is -2.13. The summed E-state index contributed by atoms with van der Waals surface area (Å²) >= 11 is 0. The molecule has 1 atom stereocenters. The predicted octanol–water partition coefficient (Wildman–Crippen LogP) is 1.44. The summed E-state index contributed by atoms with van der Waals surface area (Å²) in [6, 6.07) is 5.82. The van der Waals surface area contributed by atoms with Crippen molar-refractivity contribution in [2.75, 3.05) is 0 Å². The van der Waals surface area contributed by atoms with Crippen molar-refractivity contribution in [3.63, 3.8) is 0 Å². The third-order valence-corrected chi connectivity index (χ3v) is 3.42. The van der Waals surface area contributed by atoms with Crippen molar-refractivity contribution in [2.24, 2.45) is 0 Å². The smallest absolute Gasteiger partial charge is 0.189 e. The number of H-pyrrole nitrogens is 1. The van der Waals surface area contributed by atoms with E-state index in [2.05, 4.69) is 20.4 Å². The minimum absolute atomic E-state index is 0.161. The number of aromatic amines is 1. The van der Waals surface area contributed by atoms with Crippen LogP contribution in [-0.2, 0) is 13.1 Å². The Balaban J connectivity index is 1.71. The van der Waals surface area contributed by atoms with Crippen LogP contribution in [0, 0.1) is 5.82 Å². The molecular weight excluding hydrogens is 285 g/mol. The molecule has 6 nitrogen and oxygen atoms in total. The molecule has 0 amide bonds. The standard InChI is InChI=1S/C15H16FN5O/c1-10(7-21-9-17-8-19-21)18-6-12-5-15(22)13-4-11(16)2-3-14(13)20-12/h2-5,8-10,18H,6-7H2,1H3,(H,20,22). The van der Waals surface area contributed by atoms with Gasteiger partial charge in [0.2, 0.25) is 0 Å². The average molecular weight is 301 g/mol. The molecule has 0 saturated carbocycles. The van der Waals surface area contributed by atoms with Gasteiger partial charge in [0, 0.05) is 35.2 Å². The van der Waals surface area contributed by atoms with Crippen LogP contribution in [0.15, 0.2) is 41.7 Å². The normalized spacial score (nSPS) is 12.6. The number of nitrogens with zero attached hydrogens (tertiary/aromatic N) is 3. The van der Waals surface area contributed by atoms with E-state index >= 15 is 0 Å². The fourth-order valence-corrected chi connectivity index (χ4v) is 2.33. The molecule has 3 rings (SSSR count). The van der Waals surface area contributed by atoms with Crippen molar-refractivity contribution >= 4 is 10.9 Å². The minimum Gasteiger partial charge on any atom is -0.357 e. The van der Waals surface area contributed by atoms with Crippen LogP contribution in [0.25, 0.3) is 10.9 Å². The van der Waals surface area contributed by atoms with Crippen molar-refractivity contribution in [2.45, 2.75) is 26.1 Å². The second-order valence-electron chi connectivity index (χ2n) is 5.25. The third-order valence-electron chi connectivity index (χ3n) is 3.42. The first-order valence-electron chi connectivity index (χ1n) is 6.99. The van der Waals surface area contributed by atoms with Crippen molar-refractivity contribution < 1.29 is 4.39 Å². The van der Waals surface area contributed by atoms with Crippen molar-refractivity contribution in [3.8, 4) is 0 Å². The van der Waals surface area contributed by atoms with Gasteiger partial charge in [0.05, 0.1) is 6.54 Å². The highest BCUT2D eigenvalue weighted by atomic mass is 19.1. The van der Waals surface area contributed by atoms with Crippen LogP contribution in [0.1, 0.15) is 12.6 Å². The van der Waals surface area contributed by atoms with E-state index in [-0.39, 0.29) is 11.5 Å². The molecule has 0 radical (unpaired) electrons. The number of halogens is 1. The van der Waals surface area contributed by atoms with Crippen LogP contribution in [0.5, 0.6) is 0 Å². The van der Waals surface area contributed by atoms with Crippen LogP contribution in [0.4, 0.5) is 4.39 Å². The van der Waals surface area contributed by atoms with Gasteiger partial charge in [-0.2, -0.15) is 5.10 Å². The molecule has 0 spiro atoms. The summed E-state index contributed by atoms with van der Waals surface area (Å²) in [5.74, 6) is -0.412. The second-order valence-corrected chi connectivity index (χ2v) is 5.25. The highest BCUT2D eigenvalue weighted by Crippen LogP contribution is 2.10. The number of hydrogen-bond donors (Lipinski definition) is 2. The van der Waals surface area contributed by atoms with Gasteiger partial charge in [0.1, 0.15) is 18.5 Å². The Hall–Kier alpha value is -2.54. The fraction of sp³-hybridized carbons (Fsp3) is 0.267. The van der Waals surface area contributed by atoms with Crippen LogP contribution in [0.2, 0.25) is 0 Å². The molecular formula is C15H16FN5O. The monoisotopic (exact) mass is 301 g/mol. The summed E-state index contributed by atoms with van der Waals surface area (Å²) in [7, 11) is 0. The van der Waals surface area contributed by atoms with Gasteiger partial charge in [-0.05, 0) is 25.1 Å². The molecule has 2 aromatic heterocycles. The Kier molecular flexibility index (Phi) is 3.97. The molecule has 1 aromatic carbocycles. The largest absolute Gasteiger partial charge is 0.357 e. The number of pyridine rings is 1. The first kappa shape index (κ1) is 14.4. The van der Waals surface area contributed by atoms with Crippen molar-refractivity contribution in [3.05, 3.63) is 58.7 Å². The second kappa shape index (κ2) is 6.07. The quantitative estimate of drug-likeness (QED) is 0.747. The van der Waals surface area contributed by atoms with E-state index in [1.807, 2.05) is 6.92 Å². The zero-order valence-corrected chi connectivity index (χ0v) is 12.1. The lowest BCUT2D eigenvalue weighted by molar-refractivity contribution is 0.448. The van der Waals surface area contributed by atoms with E-state index in [1.54, 1.807) is 17.1 Å². The Labute approximate surface area is 126 Å². The maximum absolute atomic E-state index is 13.2. The number of fused-ring (bicyclic) bond motifs is 1. The molecule has 0 aliphatic heterocycles. The predicted molar refractivity (Wildman–Crippen MR) is 80.9 cm³/mol. The van der Waals surface area contributed by atoms with Crippen LogP contribution < -0.4 is 10.7 Å². The molecule has 7 heteroatoms. The van der Waals surface area contributed by atoms with Gasteiger partial charge in [0.25, 0.3) is 0 Å². The maximum atomic E-state index is 13.2. The zero-order chi connectivity index (χ0) is 15.5. The number of hydrogen-bond acceptors (Lipinski definition) is 4. The van der Waals surface area contributed by atoms with Gasteiger partial charge in [-0.3, -0.25) is 9.48 Å². The van der Waals surface area contributed by atoms with Gasteiger partial charge in [0.15, 0.2) is 5.43 Å². The lowest BCUT2D eigenvalue weighted by atomic mass is 10.2. The summed E-state index contributed by atoms with van der Waals surface area (Å²) in [6.07, 6.45) is 3.15. The average Bonchev–Trinajstić information content (AvgIpc) is 2.99. The molecule has 2 heterocycles. The van der Waals surface area contributed by atoms with E-state index in [0.717, 1.165) is 5.69 Å². The molecule has 0 aliphatic rings. The van der Waals surface area contributed by atoms with Gasteiger partial charge in [-0.25, -0.2) is 9.37 Å². The van der Waals surface area contributed by atoms with E-state index in [9.17, 15) is 9.18 Å². The molecule has 0 saturated heterocycles. The highest BCUT2D eigenvalue weighted by molar-refractivity contribution is 5.78. The van der Waals surface area contributed by atoms with Gasteiger partial charge in [-0.1, -0.05) is 0 Å². The van der Waals surface area contributed by atoms with Gasteiger partial charge >= 0.3 is 0 Å². The molecule has 22 heavy (non-hydrogen) atoms. The van der Waals surface area contributed by atoms with E-state index < -0.39 is 5.82 Å². The summed E-state index contributed by atoms with van der Waals surface area (Å²) < 4.78 is 14.9. The van der Waals surface area contributed by atoms with Crippen LogP contribution in [0.3, 0.4) is 0 Å². The highest BCUT2D eigenvalue weighted by Gasteiger charge is 2.06. The summed E-state index contributed by atoms with van der Waals surface area (Å²) in [5, 5.41) is 7.71. The topological polar surface area (TPSA) is 75.6 Å². The molecule has 0 fully saturated rings. The van der Waals surface area contributed by atoms with E-state index in [4.69, 9.17) is 0 Å². The number of aromatic nitrogens is 4. The first-order valence-corrected chi connectivity index (χ1v) is 6.99. The minimum atomic E-state index is -0.412. The number of rotatable bonds is 5. The van der Waals surface area contributed by atoms with Crippen molar-refractivity contribution in [1.82, 2.24) is 25.1 Å². The van der Waals surface area contributed by atoms with Crippen LogP contribution >= 0.6 is 0 Å². The van der Waals surface area contributed by atoms with E-state index in [0.29, 0.717) is 24.0 Å². The Morgan fingerprint density at radius 1 is 1.41 bits per heavy atom. The SMILES string of the molecule is CC(Cn1cncn1)NCc1cc(=O)c2cc(F)ccc2[nH]1. The van der Waals surface area contributed by atoms with E-state index in [1.165, 1.54) is 24.5 Å². The molecule has 2 N–H and O–H groups in total. The summed E-state index contributed by atoms with van der Waals surface area (Å²) in [5.41, 5.74) is 1.21. The Morgan fingerprint density at radius 3 is 3.05 bits per heavy atom. The molecule has 0 aliphatic carbocycles. The number of benzene rings is 1.